The second kappa shape index (κ2) is 10.1. The molecule has 0 amide bonds. The van der Waals surface area contributed by atoms with Gasteiger partial charge in [0.15, 0.2) is 16.6 Å². The first kappa shape index (κ1) is 21.8. The van der Waals surface area contributed by atoms with Crippen molar-refractivity contribution in [1.29, 1.82) is 0 Å². The van der Waals surface area contributed by atoms with Crippen LogP contribution in [0.2, 0.25) is 0 Å². The van der Waals surface area contributed by atoms with Gasteiger partial charge >= 0.3 is 5.97 Å². The van der Waals surface area contributed by atoms with E-state index in [-0.39, 0.29) is 6.61 Å². The molecule has 0 bridgehead atoms. The number of methoxy groups -OCH3 is 1. The lowest BCUT2D eigenvalue weighted by Crippen LogP contribution is -2.45. The standard InChI is InChI=1S/C21H28N2O4S/c1-6-10-27-20(24)18-14(4)22-21(28)23-19(18)15-7-8-16(17(12-15)25-5)26-11-9-13(2)3/h6-8,12-13,19H,1,9-11H2,2-5H3,(H2,22,23,28). The van der Waals surface area contributed by atoms with Crippen molar-refractivity contribution in [3.05, 3.63) is 47.7 Å². The van der Waals surface area contributed by atoms with Crippen molar-refractivity contribution in [2.24, 2.45) is 5.92 Å². The summed E-state index contributed by atoms with van der Waals surface area (Å²) in [6, 6.07) is 5.14. The summed E-state index contributed by atoms with van der Waals surface area (Å²) in [5, 5.41) is 6.56. The van der Waals surface area contributed by atoms with Gasteiger partial charge in [-0.1, -0.05) is 32.6 Å². The lowest BCUT2D eigenvalue weighted by atomic mass is 9.95. The lowest BCUT2D eigenvalue weighted by molar-refractivity contribution is -0.138. The van der Waals surface area contributed by atoms with Gasteiger partial charge in [-0.2, -0.15) is 0 Å². The first-order valence-corrected chi connectivity index (χ1v) is 9.65. The normalized spacial score (nSPS) is 16.3. The Morgan fingerprint density at radius 2 is 2.11 bits per heavy atom. The number of hydrogen-bond acceptors (Lipinski definition) is 5. The monoisotopic (exact) mass is 404 g/mol. The van der Waals surface area contributed by atoms with Crippen LogP contribution in [-0.4, -0.2) is 31.4 Å². The van der Waals surface area contributed by atoms with Gasteiger partial charge in [-0.15, -0.1) is 0 Å². The fraction of sp³-hybridized carbons (Fsp3) is 0.429. The van der Waals surface area contributed by atoms with E-state index in [9.17, 15) is 4.79 Å². The Morgan fingerprint density at radius 1 is 1.36 bits per heavy atom. The van der Waals surface area contributed by atoms with Crippen molar-refractivity contribution in [3.63, 3.8) is 0 Å². The van der Waals surface area contributed by atoms with Crippen molar-refractivity contribution in [1.82, 2.24) is 10.6 Å². The van der Waals surface area contributed by atoms with Crippen molar-refractivity contribution < 1.29 is 19.0 Å². The van der Waals surface area contributed by atoms with Gasteiger partial charge in [0.1, 0.15) is 6.61 Å². The average Bonchev–Trinajstić information content (AvgIpc) is 2.65. The maximum Gasteiger partial charge on any atom is 0.338 e. The number of nitrogens with one attached hydrogen (secondary N) is 2. The predicted octanol–water partition coefficient (Wildman–Crippen LogP) is 3.64. The highest BCUT2D eigenvalue weighted by Gasteiger charge is 2.31. The number of carbonyl (C=O) groups excluding carboxylic acids is 1. The maximum atomic E-state index is 12.6. The van der Waals surface area contributed by atoms with E-state index in [1.54, 1.807) is 14.0 Å². The molecule has 0 spiro atoms. The number of carbonyl (C=O) groups is 1. The Kier molecular flexibility index (Phi) is 7.87. The van der Waals surface area contributed by atoms with Crippen LogP contribution in [0.3, 0.4) is 0 Å². The van der Waals surface area contributed by atoms with Gasteiger partial charge in [-0.05, 0) is 49.2 Å². The van der Waals surface area contributed by atoms with E-state index in [1.165, 1.54) is 6.08 Å². The molecule has 0 saturated carbocycles. The van der Waals surface area contributed by atoms with Crippen molar-refractivity contribution >= 4 is 23.3 Å². The van der Waals surface area contributed by atoms with E-state index >= 15 is 0 Å². The molecule has 1 aromatic rings. The molecule has 2 N–H and O–H groups in total. The molecule has 1 atom stereocenters. The Hall–Kier alpha value is -2.54. The van der Waals surface area contributed by atoms with Crippen LogP contribution in [0, 0.1) is 5.92 Å². The quantitative estimate of drug-likeness (QED) is 0.370. The van der Waals surface area contributed by atoms with Crippen molar-refractivity contribution in [3.8, 4) is 11.5 Å². The Morgan fingerprint density at radius 3 is 2.75 bits per heavy atom. The molecule has 1 aliphatic heterocycles. The third-order valence-electron chi connectivity index (χ3n) is 4.30. The van der Waals surface area contributed by atoms with Gasteiger partial charge in [0.2, 0.25) is 0 Å². The topological polar surface area (TPSA) is 68.8 Å². The summed E-state index contributed by atoms with van der Waals surface area (Å²) in [5.74, 6) is 1.40. The van der Waals surface area contributed by atoms with E-state index in [0.717, 1.165) is 12.0 Å². The molecule has 0 aromatic heterocycles. The molecule has 1 aromatic carbocycles. The number of ether oxygens (including phenoxy) is 3. The molecule has 7 heteroatoms. The average molecular weight is 405 g/mol. The fourth-order valence-electron chi connectivity index (χ4n) is 2.81. The largest absolute Gasteiger partial charge is 0.493 e. The zero-order chi connectivity index (χ0) is 20.7. The molecular formula is C21H28N2O4S. The molecule has 28 heavy (non-hydrogen) atoms. The van der Waals surface area contributed by atoms with E-state index in [2.05, 4.69) is 31.1 Å². The van der Waals surface area contributed by atoms with Crippen LogP contribution in [0.15, 0.2) is 42.1 Å². The van der Waals surface area contributed by atoms with Crippen LogP contribution < -0.4 is 20.1 Å². The van der Waals surface area contributed by atoms with Gasteiger partial charge in [0, 0.05) is 5.70 Å². The first-order chi connectivity index (χ1) is 13.4. The van der Waals surface area contributed by atoms with Gasteiger partial charge in [-0.3, -0.25) is 0 Å². The van der Waals surface area contributed by atoms with Crippen LogP contribution in [-0.2, 0) is 9.53 Å². The summed E-state index contributed by atoms with van der Waals surface area (Å²) in [6.07, 6.45) is 2.49. The molecule has 6 nitrogen and oxygen atoms in total. The molecule has 1 aliphatic rings. The highest BCUT2D eigenvalue weighted by molar-refractivity contribution is 7.80. The summed E-state index contributed by atoms with van der Waals surface area (Å²) in [4.78, 5) is 12.6. The van der Waals surface area contributed by atoms with Crippen LogP contribution in [0.1, 0.15) is 38.8 Å². The summed E-state index contributed by atoms with van der Waals surface area (Å²) in [7, 11) is 1.59. The van der Waals surface area contributed by atoms with Crippen LogP contribution in [0.25, 0.3) is 0 Å². The second-order valence-corrected chi connectivity index (χ2v) is 7.31. The SMILES string of the molecule is C=CCOC(=O)C1=C(C)NC(=S)NC1c1ccc(OCCC(C)C)c(OC)c1. The number of allylic oxidation sites excluding steroid dienone is 1. The number of thiocarbonyl (C=S) groups is 1. The van der Waals surface area contributed by atoms with Crippen molar-refractivity contribution in [2.45, 2.75) is 33.2 Å². The molecule has 1 heterocycles. The molecule has 0 fully saturated rings. The fourth-order valence-corrected chi connectivity index (χ4v) is 3.09. The van der Waals surface area contributed by atoms with E-state index in [1.807, 2.05) is 18.2 Å². The van der Waals surface area contributed by atoms with Gasteiger partial charge in [-0.25, -0.2) is 4.79 Å². The van der Waals surface area contributed by atoms with Gasteiger partial charge in [0.05, 0.1) is 25.3 Å². The minimum atomic E-state index is -0.454. The lowest BCUT2D eigenvalue weighted by Gasteiger charge is -2.30. The summed E-state index contributed by atoms with van der Waals surface area (Å²) in [5.41, 5.74) is 1.94. The minimum Gasteiger partial charge on any atom is -0.493 e. The smallest absolute Gasteiger partial charge is 0.338 e. The molecule has 0 saturated heterocycles. The molecule has 0 radical (unpaired) electrons. The van der Waals surface area contributed by atoms with E-state index in [4.69, 9.17) is 26.4 Å². The van der Waals surface area contributed by atoms with E-state index < -0.39 is 12.0 Å². The van der Waals surface area contributed by atoms with E-state index in [0.29, 0.717) is 40.4 Å². The third kappa shape index (κ3) is 5.48. The molecule has 1 unspecified atom stereocenters. The third-order valence-corrected chi connectivity index (χ3v) is 4.52. The number of esters is 1. The molecule has 2 rings (SSSR count). The first-order valence-electron chi connectivity index (χ1n) is 9.24. The van der Waals surface area contributed by atoms with Crippen molar-refractivity contribution in [2.75, 3.05) is 20.3 Å². The molecular weight excluding hydrogens is 376 g/mol. The number of rotatable bonds is 9. The van der Waals surface area contributed by atoms with Crippen LogP contribution in [0.4, 0.5) is 0 Å². The Balaban J connectivity index is 2.32. The van der Waals surface area contributed by atoms with Gasteiger partial charge < -0.3 is 24.8 Å². The number of benzene rings is 1. The Labute approximate surface area is 171 Å². The minimum absolute atomic E-state index is 0.138. The highest BCUT2D eigenvalue weighted by atomic mass is 32.1. The zero-order valence-electron chi connectivity index (χ0n) is 16.8. The molecule has 152 valence electrons. The summed E-state index contributed by atoms with van der Waals surface area (Å²) >= 11 is 5.27. The Bertz CT molecular complexity index is 774. The predicted molar refractivity (Wildman–Crippen MR) is 113 cm³/mol. The highest BCUT2D eigenvalue weighted by Crippen LogP contribution is 2.34. The molecule has 0 aliphatic carbocycles. The second-order valence-electron chi connectivity index (χ2n) is 6.90. The van der Waals surface area contributed by atoms with Crippen LogP contribution >= 0.6 is 12.2 Å². The van der Waals surface area contributed by atoms with Crippen LogP contribution in [0.5, 0.6) is 11.5 Å². The summed E-state index contributed by atoms with van der Waals surface area (Å²) < 4.78 is 16.6. The van der Waals surface area contributed by atoms with Gasteiger partial charge in [0.25, 0.3) is 0 Å². The summed E-state index contributed by atoms with van der Waals surface area (Å²) in [6.45, 7) is 10.4. The maximum absolute atomic E-state index is 12.6. The zero-order valence-corrected chi connectivity index (χ0v) is 17.7. The number of hydrogen-bond donors (Lipinski definition) is 2.